The highest BCUT2D eigenvalue weighted by Crippen LogP contribution is 2.32. The van der Waals surface area contributed by atoms with E-state index in [-0.39, 0.29) is 18.1 Å². The third kappa shape index (κ3) is 6.61. The van der Waals surface area contributed by atoms with E-state index in [9.17, 15) is 4.79 Å². The molecule has 218 valence electrons. The number of nitrogens with zero attached hydrogens (tertiary/aromatic N) is 4. The molecule has 1 atom stereocenters. The molecule has 0 saturated carbocycles. The van der Waals surface area contributed by atoms with Gasteiger partial charge < -0.3 is 20.1 Å². The van der Waals surface area contributed by atoms with Gasteiger partial charge in [0.15, 0.2) is 12.4 Å². The third-order valence-corrected chi connectivity index (χ3v) is 7.47. The van der Waals surface area contributed by atoms with Gasteiger partial charge >= 0.3 is 0 Å². The van der Waals surface area contributed by atoms with E-state index in [1.807, 2.05) is 57.4 Å². The Morgan fingerprint density at radius 3 is 2.71 bits per heavy atom. The Morgan fingerprint density at radius 2 is 1.98 bits per heavy atom. The molecular formula is C32H37N7O3. The number of carbonyl (C=O) groups is 1. The van der Waals surface area contributed by atoms with E-state index >= 15 is 0 Å². The van der Waals surface area contributed by atoms with Crippen LogP contribution in [0, 0.1) is 0 Å². The van der Waals surface area contributed by atoms with Crippen LogP contribution in [0.2, 0.25) is 0 Å². The number of aromatic nitrogens is 4. The van der Waals surface area contributed by atoms with E-state index in [1.165, 1.54) is 0 Å². The van der Waals surface area contributed by atoms with Crippen LogP contribution in [0.3, 0.4) is 0 Å². The number of amides is 1. The largest absolute Gasteiger partial charge is 0.484 e. The average molecular weight is 568 g/mol. The van der Waals surface area contributed by atoms with Gasteiger partial charge in [0.05, 0.1) is 18.5 Å². The Labute approximate surface area is 245 Å². The minimum absolute atomic E-state index is 0.0614. The van der Waals surface area contributed by atoms with Gasteiger partial charge in [-0.1, -0.05) is 24.3 Å². The van der Waals surface area contributed by atoms with E-state index in [0.29, 0.717) is 17.6 Å². The number of H-pyrrole nitrogens is 1. The topological polar surface area (TPSA) is 117 Å². The number of ether oxygens (including phenoxy) is 2. The second kappa shape index (κ2) is 11.9. The van der Waals surface area contributed by atoms with Crippen molar-refractivity contribution in [3.8, 4) is 28.3 Å². The van der Waals surface area contributed by atoms with Crippen molar-refractivity contribution >= 4 is 17.4 Å². The van der Waals surface area contributed by atoms with Gasteiger partial charge in [0.1, 0.15) is 11.6 Å². The van der Waals surface area contributed by atoms with Crippen LogP contribution in [-0.4, -0.2) is 68.9 Å². The number of hydrogen-bond acceptors (Lipinski definition) is 8. The minimum atomic E-state index is -0.317. The van der Waals surface area contributed by atoms with Crippen molar-refractivity contribution in [2.24, 2.45) is 0 Å². The molecule has 4 heterocycles. The first kappa shape index (κ1) is 27.9. The van der Waals surface area contributed by atoms with Crippen LogP contribution in [0.25, 0.3) is 22.5 Å². The first-order chi connectivity index (χ1) is 20.3. The summed E-state index contributed by atoms with van der Waals surface area (Å²) >= 11 is 0. The maximum atomic E-state index is 12.3. The van der Waals surface area contributed by atoms with E-state index in [1.54, 1.807) is 0 Å². The molecule has 42 heavy (non-hydrogen) atoms. The van der Waals surface area contributed by atoms with Gasteiger partial charge in [-0.2, -0.15) is 5.10 Å². The molecule has 6 rings (SSSR count). The molecule has 1 fully saturated rings. The lowest BCUT2D eigenvalue weighted by Gasteiger charge is -2.33. The van der Waals surface area contributed by atoms with Crippen LogP contribution in [0.5, 0.6) is 5.75 Å². The van der Waals surface area contributed by atoms with Crippen LogP contribution in [-0.2, 0) is 22.5 Å². The molecule has 2 aliphatic heterocycles. The van der Waals surface area contributed by atoms with Gasteiger partial charge in [-0.3, -0.25) is 14.8 Å². The molecule has 1 amide bonds. The van der Waals surface area contributed by atoms with Crippen LogP contribution in [0.1, 0.15) is 38.4 Å². The van der Waals surface area contributed by atoms with Gasteiger partial charge in [-0.25, -0.2) is 9.97 Å². The molecular weight excluding hydrogens is 530 g/mol. The van der Waals surface area contributed by atoms with Crippen molar-refractivity contribution < 1.29 is 14.3 Å². The Hall–Kier alpha value is -4.28. The first-order valence-electron chi connectivity index (χ1n) is 14.4. The predicted molar refractivity (Wildman–Crippen MR) is 162 cm³/mol. The van der Waals surface area contributed by atoms with Crippen molar-refractivity contribution in [2.75, 3.05) is 31.7 Å². The van der Waals surface area contributed by atoms with Crippen molar-refractivity contribution in [1.82, 2.24) is 30.4 Å². The van der Waals surface area contributed by atoms with Crippen LogP contribution >= 0.6 is 0 Å². The quantitative estimate of drug-likeness (QED) is 0.280. The van der Waals surface area contributed by atoms with Crippen molar-refractivity contribution in [1.29, 1.82) is 0 Å². The molecule has 3 N–H and O–H groups in total. The average Bonchev–Trinajstić information content (AvgIpc) is 3.71. The van der Waals surface area contributed by atoms with Crippen molar-refractivity contribution in [3.05, 3.63) is 72.2 Å². The predicted octanol–water partition coefficient (Wildman–Crippen LogP) is 4.72. The zero-order chi connectivity index (χ0) is 29.1. The molecule has 2 aromatic heterocycles. The Balaban J connectivity index is 1.28. The van der Waals surface area contributed by atoms with Gasteiger partial charge in [0.2, 0.25) is 0 Å². The van der Waals surface area contributed by atoms with Gasteiger partial charge in [0.25, 0.3) is 5.91 Å². The highest BCUT2D eigenvalue weighted by atomic mass is 16.5. The van der Waals surface area contributed by atoms with Gasteiger partial charge in [0, 0.05) is 66.3 Å². The normalized spacial score (nSPS) is 17.1. The number of aromatic amines is 1. The maximum Gasteiger partial charge on any atom is 0.258 e. The fourth-order valence-electron chi connectivity index (χ4n) is 5.41. The summed E-state index contributed by atoms with van der Waals surface area (Å²) in [5, 5.41) is 13.4. The number of nitrogens with one attached hydrogen (secondary N) is 3. The lowest BCUT2D eigenvalue weighted by Crippen LogP contribution is -2.43. The number of carbonyl (C=O) groups excluding carboxylic acids is 1. The Bertz CT molecular complexity index is 1520. The molecule has 0 spiro atoms. The zero-order valence-corrected chi connectivity index (χ0v) is 24.3. The third-order valence-electron chi connectivity index (χ3n) is 7.47. The summed E-state index contributed by atoms with van der Waals surface area (Å²) < 4.78 is 11.5. The van der Waals surface area contributed by atoms with Crippen LogP contribution in [0.15, 0.2) is 60.9 Å². The number of hydrogen-bond donors (Lipinski definition) is 3. The summed E-state index contributed by atoms with van der Waals surface area (Å²) in [6.45, 7) is 9.06. The van der Waals surface area contributed by atoms with Crippen LogP contribution in [0.4, 0.5) is 11.5 Å². The van der Waals surface area contributed by atoms with Gasteiger partial charge in [-0.05, 0) is 57.0 Å². The fourth-order valence-corrected chi connectivity index (χ4v) is 5.41. The standard InChI is InChI=1S/C32H37N7O3/c1-32(2,3)38-29(40)20-42-26-6-4-5-22(15-26)30-36-28-11-13-39(25-12-14-41-19-25)18-27(28)31(37-30)35-24-9-7-21(8-10-24)23-16-33-34-17-23/h4-10,15-17,25H,11-14,18-20H2,1-3H3,(H,33,34)(H,38,40)(H,35,36,37). The molecule has 10 nitrogen and oxygen atoms in total. The number of rotatable bonds is 8. The number of benzene rings is 2. The fraction of sp³-hybridized carbons (Fsp3) is 0.375. The lowest BCUT2D eigenvalue weighted by molar-refractivity contribution is -0.124. The van der Waals surface area contributed by atoms with E-state index in [4.69, 9.17) is 19.4 Å². The minimum Gasteiger partial charge on any atom is -0.484 e. The second-order valence-electron chi connectivity index (χ2n) is 11.9. The molecule has 2 aliphatic rings. The second-order valence-corrected chi connectivity index (χ2v) is 11.9. The summed E-state index contributed by atoms with van der Waals surface area (Å²) in [5.74, 6) is 1.84. The summed E-state index contributed by atoms with van der Waals surface area (Å²) in [5.41, 5.74) is 5.73. The molecule has 1 saturated heterocycles. The summed E-state index contributed by atoms with van der Waals surface area (Å²) in [7, 11) is 0. The molecule has 4 aromatic rings. The summed E-state index contributed by atoms with van der Waals surface area (Å²) in [4.78, 5) is 24.8. The van der Waals surface area contributed by atoms with Crippen molar-refractivity contribution in [3.63, 3.8) is 0 Å². The SMILES string of the molecule is CC(C)(C)NC(=O)COc1cccc(-c2nc3c(c(Nc4ccc(-c5cn[nH]c5)cc4)n2)CN(C2CCOC2)CC3)c1. The summed E-state index contributed by atoms with van der Waals surface area (Å²) in [6, 6.07) is 16.3. The molecule has 10 heteroatoms. The highest BCUT2D eigenvalue weighted by Gasteiger charge is 2.30. The molecule has 0 radical (unpaired) electrons. The van der Waals surface area contributed by atoms with E-state index < -0.39 is 0 Å². The molecule has 0 aliphatic carbocycles. The lowest BCUT2D eigenvalue weighted by atomic mass is 10.0. The summed E-state index contributed by atoms with van der Waals surface area (Å²) in [6.07, 6.45) is 5.57. The van der Waals surface area contributed by atoms with Crippen LogP contribution < -0.4 is 15.4 Å². The number of anilines is 2. The van der Waals surface area contributed by atoms with E-state index in [0.717, 1.165) is 78.6 Å². The van der Waals surface area contributed by atoms with Crippen molar-refractivity contribution in [2.45, 2.75) is 51.7 Å². The zero-order valence-electron chi connectivity index (χ0n) is 24.3. The highest BCUT2D eigenvalue weighted by molar-refractivity contribution is 5.78. The molecule has 1 unspecified atom stereocenters. The molecule has 0 bridgehead atoms. The molecule has 2 aromatic carbocycles. The monoisotopic (exact) mass is 567 g/mol. The number of fused-ring (bicyclic) bond motifs is 1. The maximum absolute atomic E-state index is 12.3. The van der Waals surface area contributed by atoms with E-state index in [2.05, 4.69) is 50.0 Å². The smallest absolute Gasteiger partial charge is 0.258 e. The Kier molecular flexibility index (Phi) is 7.90. The van der Waals surface area contributed by atoms with Gasteiger partial charge in [-0.15, -0.1) is 0 Å². The first-order valence-corrected chi connectivity index (χ1v) is 14.4. The Morgan fingerprint density at radius 1 is 1.12 bits per heavy atom.